The van der Waals surface area contributed by atoms with Crippen LogP contribution in [0.5, 0.6) is 5.75 Å². The molecule has 0 aliphatic carbocycles. The Balaban J connectivity index is 1.74. The zero-order chi connectivity index (χ0) is 24.9. The van der Waals surface area contributed by atoms with Gasteiger partial charge in [-0.25, -0.2) is 4.79 Å². The molecule has 35 heavy (non-hydrogen) atoms. The maximum absolute atomic E-state index is 13.8. The number of benzene rings is 1. The van der Waals surface area contributed by atoms with Gasteiger partial charge in [-0.15, -0.1) is 11.8 Å². The van der Waals surface area contributed by atoms with E-state index in [0.717, 1.165) is 10.5 Å². The highest BCUT2D eigenvalue weighted by Crippen LogP contribution is 2.34. The van der Waals surface area contributed by atoms with E-state index in [1.54, 1.807) is 53.5 Å². The zero-order valence-corrected chi connectivity index (χ0v) is 21.1. The van der Waals surface area contributed by atoms with Crippen LogP contribution in [0, 0.1) is 6.92 Å². The smallest absolute Gasteiger partial charge is 0.409 e. The third kappa shape index (κ3) is 5.41. The van der Waals surface area contributed by atoms with Crippen molar-refractivity contribution in [2.24, 2.45) is 0 Å². The van der Waals surface area contributed by atoms with E-state index in [9.17, 15) is 14.7 Å². The zero-order valence-electron chi connectivity index (χ0n) is 20.3. The van der Waals surface area contributed by atoms with E-state index in [1.807, 2.05) is 36.6 Å². The van der Waals surface area contributed by atoms with Gasteiger partial charge >= 0.3 is 6.09 Å². The summed E-state index contributed by atoms with van der Waals surface area (Å²) in [5, 5.41) is 11.0. The Morgan fingerprint density at radius 1 is 1.17 bits per heavy atom. The van der Waals surface area contributed by atoms with E-state index in [1.165, 1.54) is 0 Å². The molecule has 0 radical (unpaired) electrons. The number of thioether (sulfide) groups is 1. The average molecular weight is 498 g/mol. The summed E-state index contributed by atoms with van der Waals surface area (Å²) in [7, 11) is 0. The van der Waals surface area contributed by atoms with Gasteiger partial charge in [-0.2, -0.15) is 0 Å². The van der Waals surface area contributed by atoms with Gasteiger partial charge in [-0.05, 0) is 56.0 Å². The Labute approximate surface area is 209 Å². The quantitative estimate of drug-likeness (QED) is 0.492. The fourth-order valence-electron chi connectivity index (χ4n) is 4.50. The number of furan rings is 1. The number of carbonyl (C=O) groups is 1. The molecule has 9 heteroatoms. The van der Waals surface area contributed by atoms with E-state index >= 15 is 0 Å². The summed E-state index contributed by atoms with van der Waals surface area (Å²) in [6, 6.07) is 12.8. The molecule has 1 atom stereocenters. The van der Waals surface area contributed by atoms with Crippen molar-refractivity contribution in [1.29, 1.82) is 0 Å². The van der Waals surface area contributed by atoms with E-state index in [-0.39, 0.29) is 23.9 Å². The second-order valence-electron chi connectivity index (χ2n) is 8.45. The molecule has 186 valence electrons. The first-order chi connectivity index (χ1) is 16.9. The third-order valence-corrected chi connectivity index (χ3v) is 7.07. The summed E-state index contributed by atoms with van der Waals surface area (Å²) < 4.78 is 12.3. The normalized spacial score (nSPS) is 15.2. The number of piperazine rings is 1. The van der Waals surface area contributed by atoms with Crippen molar-refractivity contribution < 1.29 is 19.1 Å². The maximum Gasteiger partial charge on any atom is 0.409 e. The number of hydrogen-bond acceptors (Lipinski definition) is 7. The molecule has 0 saturated carbocycles. The highest BCUT2D eigenvalue weighted by atomic mass is 32.2. The molecule has 1 fully saturated rings. The van der Waals surface area contributed by atoms with Crippen LogP contribution in [0.3, 0.4) is 0 Å². The minimum absolute atomic E-state index is 0.0324. The van der Waals surface area contributed by atoms with Crippen molar-refractivity contribution in [3.8, 4) is 5.75 Å². The van der Waals surface area contributed by atoms with Gasteiger partial charge in [-0.1, -0.05) is 12.1 Å². The van der Waals surface area contributed by atoms with Crippen molar-refractivity contribution in [1.82, 2.24) is 14.4 Å². The van der Waals surface area contributed by atoms with Crippen LogP contribution in [-0.2, 0) is 11.3 Å². The molecule has 1 N–H and O–H groups in total. The molecule has 1 saturated heterocycles. The fourth-order valence-corrected chi connectivity index (χ4v) is 4.91. The molecular formula is C26H31N3O5S. The summed E-state index contributed by atoms with van der Waals surface area (Å²) in [5.41, 5.74) is 1.62. The molecular weight excluding hydrogens is 466 g/mol. The second kappa shape index (κ2) is 11.0. The van der Waals surface area contributed by atoms with Crippen LogP contribution in [0.25, 0.3) is 0 Å². The first kappa shape index (κ1) is 24.9. The minimum Gasteiger partial charge on any atom is -0.507 e. The molecule has 1 aromatic carbocycles. The van der Waals surface area contributed by atoms with E-state index in [0.29, 0.717) is 49.8 Å². The second-order valence-corrected chi connectivity index (χ2v) is 9.33. The van der Waals surface area contributed by atoms with Gasteiger partial charge in [0.2, 0.25) is 0 Å². The van der Waals surface area contributed by atoms with Crippen LogP contribution < -0.4 is 5.56 Å². The van der Waals surface area contributed by atoms with Crippen molar-refractivity contribution in [2.75, 3.05) is 39.0 Å². The molecule has 0 unspecified atom stereocenters. The van der Waals surface area contributed by atoms with Crippen molar-refractivity contribution in [2.45, 2.75) is 31.3 Å². The molecule has 0 spiro atoms. The summed E-state index contributed by atoms with van der Waals surface area (Å²) in [5.74, 6) is 0.630. The molecule has 1 aliphatic rings. The number of hydrogen-bond donors (Lipinski definition) is 1. The van der Waals surface area contributed by atoms with Gasteiger partial charge in [0.25, 0.3) is 5.56 Å². The molecule has 3 aromatic rings. The third-order valence-electron chi connectivity index (χ3n) is 6.33. The van der Waals surface area contributed by atoms with Gasteiger partial charge in [0.15, 0.2) is 0 Å². The van der Waals surface area contributed by atoms with Crippen LogP contribution in [0.1, 0.15) is 35.5 Å². The van der Waals surface area contributed by atoms with Crippen LogP contribution >= 0.6 is 11.8 Å². The Hall–Kier alpha value is -3.17. The summed E-state index contributed by atoms with van der Waals surface area (Å²) >= 11 is 1.64. The van der Waals surface area contributed by atoms with E-state index < -0.39 is 6.04 Å². The number of nitrogens with zero attached hydrogens (tertiary/aromatic N) is 3. The number of aromatic nitrogens is 1. The van der Waals surface area contributed by atoms with Crippen molar-refractivity contribution in [3.63, 3.8) is 0 Å². The SMILES string of the molecule is CCOC(=O)N1CCN([C@@H](c2ccc(SC)cc2)c2c(O)cc(C)n(Cc3ccco3)c2=O)CC1. The maximum atomic E-state index is 13.8. The molecule has 2 aromatic heterocycles. The van der Waals surface area contributed by atoms with Crippen LogP contribution in [-0.4, -0.2) is 64.6 Å². The first-order valence-electron chi connectivity index (χ1n) is 11.7. The minimum atomic E-state index is -0.466. The highest BCUT2D eigenvalue weighted by molar-refractivity contribution is 7.98. The van der Waals surface area contributed by atoms with Gasteiger partial charge in [0.05, 0.1) is 31.0 Å². The van der Waals surface area contributed by atoms with Crippen LogP contribution in [0.15, 0.2) is 62.8 Å². The lowest BCUT2D eigenvalue weighted by Gasteiger charge is -2.39. The van der Waals surface area contributed by atoms with Gasteiger partial charge in [0.1, 0.15) is 11.5 Å². The molecule has 1 amide bonds. The van der Waals surface area contributed by atoms with Crippen molar-refractivity contribution in [3.05, 3.63) is 81.7 Å². The topological polar surface area (TPSA) is 88.2 Å². The standard InChI is InChI=1S/C26H31N3O5S/c1-4-33-26(32)28-13-11-27(12-14-28)24(19-7-9-21(35-3)10-8-19)23-22(30)16-18(2)29(25(23)31)17-20-6-5-15-34-20/h5-10,15-16,24,30H,4,11-14,17H2,1-3H3/t24-/m0/s1. The molecule has 0 bridgehead atoms. The number of carbonyl (C=O) groups excluding carboxylic acids is 1. The Kier molecular flexibility index (Phi) is 7.87. The summed E-state index contributed by atoms with van der Waals surface area (Å²) in [6.07, 6.45) is 3.27. The molecule has 4 rings (SSSR count). The fraction of sp³-hybridized carbons (Fsp3) is 0.385. The number of pyridine rings is 1. The summed E-state index contributed by atoms with van der Waals surface area (Å²) in [6.45, 7) is 6.23. The Morgan fingerprint density at radius 2 is 1.89 bits per heavy atom. The van der Waals surface area contributed by atoms with E-state index in [4.69, 9.17) is 9.15 Å². The molecule has 1 aliphatic heterocycles. The number of ether oxygens (including phenoxy) is 1. The lowest BCUT2D eigenvalue weighted by Crippen LogP contribution is -2.50. The Bertz CT molecular complexity index is 1200. The van der Waals surface area contributed by atoms with Crippen LogP contribution in [0.4, 0.5) is 4.79 Å². The monoisotopic (exact) mass is 497 g/mol. The van der Waals surface area contributed by atoms with Gasteiger partial charge in [-0.3, -0.25) is 9.69 Å². The molecule has 8 nitrogen and oxygen atoms in total. The van der Waals surface area contributed by atoms with Gasteiger partial charge < -0.3 is 23.7 Å². The number of amides is 1. The number of aromatic hydroxyl groups is 1. The van der Waals surface area contributed by atoms with Gasteiger partial charge in [0, 0.05) is 36.8 Å². The number of aryl methyl sites for hydroxylation is 1. The number of rotatable bonds is 7. The largest absolute Gasteiger partial charge is 0.507 e. The predicted octanol–water partition coefficient (Wildman–Crippen LogP) is 4.09. The highest BCUT2D eigenvalue weighted by Gasteiger charge is 2.32. The lowest BCUT2D eigenvalue weighted by atomic mass is 9.96. The summed E-state index contributed by atoms with van der Waals surface area (Å²) in [4.78, 5) is 31.0. The Morgan fingerprint density at radius 3 is 2.49 bits per heavy atom. The lowest BCUT2D eigenvalue weighted by molar-refractivity contribution is 0.0709. The first-order valence-corrected chi connectivity index (χ1v) is 12.9. The average Bonchev–Trinajstić information content (AvgIpc) is 3.38. The van der Waals surface area contributed by atoms with Crippen molar-refractivity contribution >= 4 is 17.9 Å². The predicted molar refractivity (Wildman–Crippen MR) is 135 cm³/mol. The van der Waals surface area contributed by atoms with E-state index in [2.05, 4.69) is 4.90 Å². The molecule has 3 heterocycles. The van der Waals surface area contributed by atoms with Crippen LogP contribution in [0.2, 0.25) is 0 Å².